The van der Waals surface area contributed by atoms with Gasteiger partial charge in [0, 0.05) is 16.5 Å². The zero-order chi connectivity index (χ0) is 20.9. The number of hydrogen-bond acceptors (Lipinski definition) is 5. The Balaban J connectivity index is 1.84. The fraction of sp³-hybridized carbons (Fsp3) is 0.0833. The van der Waals surface area contributed by atoms with E-state index in [0.29, 0.717) is 12.1 Å². The summed E-state index contributed by atoms with van der Waals surface area (Å²) in [4.78, 5) is 5.31. The third kappa shape index (κ3) is 3.90. The second-order valence-electron chi connectivity index (χ2n) is 6.54. The van der Waals surface area contributed by atoms with Gasteiger partial charge in [0.15, 0.2) is 0 Å². The molecule has 3 aromatic carbocycles. The minimum absolute atomic E-state index is 0.184. The van der Waals surface area contributed by atoms with E-state index in [1.165, 1.54) is 11.3 Å². The molecule has 0 atom stereocenters. The Hall–Kier alpha value is -3.64. The summed E-state index contributed by atoms with van der Waals surface area (Å²) in [5.41, 5.74) is 2.56. The molecule has 1 aromatic heterocycles. The Morgan fingerprint density at radius 2 is 1.90 bits per heavy atom. The molecular formula is C24H21N3O2S. The third-order valence-corrected chi connectivity index (χ3v) is 5.53. The van der Waals surface area contributed by atoms with Crippen molar-refractivity contribution in [1.82, 2.24) is 4.68 Å². The van der Waals surface area contributed by atoms with Gasteiger partial charge >= 0.3 is 0 Å². The monoisotopic (exact) mass is 415 g/mol. The highest BCUT2D eigenvalue weighted by molar-refractivity contribution is 7.07. The summed E-state index contributed by atoms with van der Waals surface area (Å²) in [7, 11) is 1.65. The Bertz CT molecular complexity index is 1280. The average molecular weight is 416 g/mol. The number of thiazole rings is 1. The van der Waals surface area contributed by atoms with Crippen molar-refractivity contribution in [3.63, 3.8) is 0 Å². The van der Waals surface area contributed by atoms with Crippen LogP contribution in [0, 0.1) is 0 Å². The maximum Gasteiger partial charge on any atom is 0.206 e. The quantitative estimate of drug-likeness (QED) is 0.354. The van der Waals surface area contributed by atoms with Gasteiger partial charge in [-0.05, 0) is 41.1 Å². The summed E-state index contributed by atoms with van der Waals surface area (Å²) < 4.78 is 7.05. The van der Waals surface area contributed by atoms with Gasteiger partial charge in [0.05, 0.1) is 25.6 Å². The summed E-state index contributed by atoms with van der Waals surface area (Å²) in [5.74, 6) is 0.977. The largest absolute Gasteiger partial charge is 0.507 e. The minimum Gasteiger partial charge on any atom is -0.507 e. The van der Waals surface area contributed by atoms with Crippen LogP contribution in [0.1, 0.15) is 5.56 Å². The maximum atomic E-state index is 10.4. The van der Waals surface area contributed by atoms with Crippen molar-refractivity contribution in [2.24, 2.45) is 10.1 Å². The molecule has 5 nitrogen and oxygen atoms in total. The molecule has 0 aliphatic heterocycles. The summed E-state index contributed by atoms with van der Waals surface area (Å²) >= 11 is 1.50. The van der Waals surface area contributed by atoms with E-state index in [2.05, 4.69) is 11.6 Å². The molecule has 6 heteroatoms. The number of aromatic hydroxyl groups is 1. The lowest BCUT2D eigenvalue weighted by molar-refractivity contribution is 0.415. The number of fused-ring (bicyclic) bond motifs is 1. The number of aromatic nitrogens is 1. The highest BCUT2D eigenvalue weighted by atomic mass is 32.1. The lowest BCUT2D eigenvalue weighted by Crippen LogP contribution is -2.12. The molecule has 0 aliphatic carbocycles. The summed E-state index contributed by atoms with van der Waals surface area (Å²) in [6.45, 7) is 4.24. The molecule has 0 saturated carbocycles. The van der Waals surface area contributed by atoms with Gasteiger partial charge in [-0.3, -0.25) is 4.99 Å². The van der Waals surface area contributed by atoms with Gasteiger partial charge in [0.1, 0.15) is 11.5 Å². The number of phenols is 1. The smallest absolute Gasteiger partial charge is 0.206 e. The number of ether oxygens (including phenoxy) is 1. The van der Waals surface area contributed by atoms with E-state index in [4.69, 9.17) is 9.84 Å². The molecule has 150 valence electrons. The van der Waals surface area contributed by atoms with E-state index >= 15 is 0 Å². The summed E-state index contributed by atoms with van der Waals surface area (Å²) in [6, 6.07) is 19.3. The van der Waals surface area contributed by atoms with Crippen molar-refractivity contribution in [3.8, 4) is 22.8 Å². The second kappa shape index (κ2) is 8.80. The van der Waals surface area contributed by atoms with Crippen LogP contribution < -0.4 is 9.54 Å². The molecule has 0 spiro atoms. The van der Waals surface area contributed by atoms with Gasteiger partial charge in [-0.25, -0.2) is 4.68 Å². The minimum atomic E-state index is 0.184. The van der Waals surface area contributed by atoms with Crippen LogP contribution in [-0.4, -0.2) is 29.7 Å². The molecule has 0 radical (unpaired) electrons. The molecule has 0 fully saturated rings. The second-order valence-corrected chi connectivity index (χ2v) is 7.37. The first-order chi connectivity index (χ1) is 14.7. The number of benzene rings is 3. The Morgan fingerprint density at radius 3 is 2.67 bits per heavy atom. The number of phenolic OH excluding ortho intramolecular Hbond substituents is 1. The molecule has 0 aliphatic rings. The number of hydrogen-bond donors (Lipinski definition) is 1. The SMILES string of the molecule is C=CCN=c1scc(-c2ccc(OC)cc2)n1N=Cc1c(O)ccc2ccccc12. The average Bonchev–Trinajstić information content (AvgIpc) is 3.19. The summed E-state index contributed by atoms with van der Waals surface area (Å²) in [5, 5.41) is 19.1. The highest BCUT2D eigenvalue weighted by Gasteiger charge is 2.09. The predicted molar refractivity (Wildman–Crippen MR) is 124 cm³/mol. The van der Waals surface area contributed by atoms with E-state index in [-0.39, 0.29) is 5.75 Å². The predicted octanol–water partition coefficient (Wildman–Crippen LogP) is 5.05. The standard InChI is InChI=1S/C24H21N3O2S/c1-3-14-25-24-27(22(16-30-24)18-8-11-19(29-2)12-9-18)26-15-21-20-7-5-4-6-17(20)10-13-23(21)28/h3-13,15-16,28H,1,14H2,2H3. The molecule has 1 heterocycles. The van der Waals surface area contributed by atoms with Gasteiger partial charge in [0.2, 0.25) is 4.80 Å². The topological polar surface area (TPSA) is 59.1 Å². The van der Waals surface area contributed by atoms with E-state index in [0.717, 1.165) is 32.6 Å². The number of rotatable bonds is 6. The van der Waals surface area contributed by atoms with Crippen molar-refractivity contribution >= 4 is 28.3 Å². The molecule has 0 bridgehead atoms. The van der Waals surface area contributed by atoms with Crippen LogP contribution in [-0.2, 0) is 0 Å². The normalized spacial score (nSPS) is 12.0. The van der Waals surface area contributed by atoms with Crippen LogP contribution in [0.3, 0.4) is 0 Å². The summed E-state index contributed by atoms with van der Waals surface area (Å²) in [6.07, 6.45) is 3.43. The molecule has 0 unspecified atom stereocenters. The third-order valence-electron chi connectivity index (χ3n) is 4.68. The number of methoxy groups -OCH3 is 1. The van der Waals surface area contributed by atoms with Crippen molar-refractivity contribution < 1.29 is 9.84 Å². The van der Waals surface area contributed by atoms with E-state index < -0.39 is 0 Å². The lowest BCUT2D eigenvalue weighted by atomic mass is 10.0. The molecule has 30 heavy (non-hydrogen) atoms. The highest BCUT2D eigenvalue weighted by Crippen LogP contribution is 2.26. The van der Waals surface area contributed by atoms with Crippen molar-refractivity contribution in [2.45, 2.75) is 0 Å². The first-order valence-corrected chi connectivity index (χ1v) is 10.3. The fourth-order valence-corrected chi connectivity index (χ4v) is 4.00. The van der Waals surface area contributed by atoms with Gasteiger partial charge in [-0.2, -0.15) is 5.10 Å². The Labute approximate surface area is 178 Å². The van der Waals surface area contributed by atoms with Gasteiger partial charge in [-0.15, -0.1) is 17.9 Å². The number of nitrogens with zero attached hydrogens (tertiary/aromatic N) is 3. The molecule has 0 saturated heterocycles. The van der Waals surface area contributed by atoms with Crippen molar-refractivity contribution in [1.29, 1.82) is 0 Å². The molecule has 4 aromatic rings. The van der Waals surface area contributed by atoms with Crippen LogP contribution in [0.4, 0.5) is 0 Å². The van der Waals surface area contributed by atoms with Gasteiger partial charge in [0.25, 0.3) is 0 Å². The van der Waals surface area contributed by atoms with Crippen LogP contribution in [0.5, 0.6) is 11.5 Å². The zero-order valence-corrected chi connectivity index (χ0v) is 17.3. The maximum absolute atomic E-state index is 10.4. The van der Waals surface area contributed by atoms with Crippen LogP contribution in [0.25, 0.3) is 22.0 Å². The lowest BCUT2D eigenvalue weighted by Gasteiger charge is -2.07. The first-order valence-electron chi connectivity index (χ1n) is 9.42. The van der Waals surface area contributed by atoms with E-state index in [1.807, 2.05) is 60.0 Å². The van der Waals surface area contributed by atoms with E-state index in [1.54, 1.807) is 30.1 Å². The molecule has 0 amide bonds. The van der Waals surface area contributed by atoms with Crippen LogP contribution in [0.15, 0.2) is 88.8 Å². The van der Waals surface area contributed by atoms with Crippen LogP contribution >= 0.6 is 11.3 Å². The van der Waals surface area contributed by atoms with E-state index in [9.17, 15) is 5.11 Å². The van der Waals surface area contributed by atoms with Crippen LogP contribution in [0.2, 0.25) is 0 Å². The zero-order valence-electron chi connectivity index (χ0n) is 16.5. The van der Waals surface area contributed by atoms with Gasteiger partial charge in [-0.1, -0.05) is 36.4 Å². The van der Waals surface area contributed by atoms with Crippen molar-refractivity contribution in [2.75, 3.05) is 13.7 Å². The molecule has 1 N–H and O–H groups in total. The fourth-order valence-electron chi connectivity index (χ4n) is 3.16. The molecular weight excluding hydrogens is 394 g/mol. The van der Waals surface area contributed by atoms with Crippen molar-refractivity contribution in [3.05, 3.63) is 89.1 Å². The Kier molecular flexibility index (Phi) is 5.77. The van der Waals surface area contributed by atoms with Gasteiger partial charge < -0.3 is 9.84 Å². The first kappa shape index (κ1) is 19.7. The molecule has 4 rings (SSSR count). The Morgan fingerprint density at radius 1 is 1.10 bits per heavy atom.